The van der Waals surface area contributed by atoms with Crippen LogP contribution in [0.5, 0.6) is 5.75 Å². The first kappa shape index (κ1) is 36.9. The SMILES string of the molecule is CNC(=O)c1cn(C[C@H](F)CCc2ccc(NC(=O)Cc3cc(OC4CC(F)(F)C4)cc(C)n3)nn2)nn1.Cc1ccc(S(=O)(=O)O)cc1. The van der Waals surface area contributed by atoms with E-state index in [1.54, 1.807) is 43.3 Å². The lowest BCUT2D eigenvalue weighted by Crippen LogP contribution is -2.43. The molecule has 1 aliphatic carbocycles. The second-order valence-electron chi connectivity index (χ2n) is 11.4. The molecular formula is C31H35F3N8O6S. The molecule has 3 aromatic heterocycles. The molecule has 0 saturated heterocycles. The number of carbonyl (C=O) groups is 2. The molecule has 0 unspecified atom stereocenters. The molecule has 3 N–H and O–H groups in total. The van der Waals surface area contributed by atoms with Crippen LogP contribution in [-0.2, 0) is 34.3 Å². The van der Waals surface area contributed by atoms with Crippen molar-refractivity contribution in [2.45, 2.75) is 75.6 Å². The number of hydrogen-bond acceptors (Lipinski definition) is 10. The molecule has 1 aliphatic rings. The third kappa shape index (κ3) is 11.6. The van der Waals surface area contributed by atoms with Crippen LogP contribution >= 0.6 is 0 Å². The van der Waals surface area contributed by atoms with Gasteiger partial charge in [-0.2, -0.15) is 13.5 Å². The smallest absolute Gasteiger partial charge is 0.294 e. The van der Waals surface area contributed by atoms with Crippen molar-refractivity contribution in [3.63, 3.8) is 0 Å². The Hall–Kier alpha value is -4.97. The van der Waals surface area contributed by atoms with E-state index in [9.17, 15) is 31.2 Å². The molecule has 4 aromatic rings. The largest absolute Gasteiger partial charge is 0.490 e. The molecule has 5 rings (SSSR count). The van der Waals surface area contributed by atoms with E-state index >= 15 is 0 Å². The van der Waals surface area contributed by atoms with Crippen LogP contribution in [0, 0.1) is 13.8 Å². The summed E-state index contributed by atoms with van der Waals surface area (Å²) < 4.78 is 76.9. The highest BCUT2D eigenvalue weighted by atomic mass is 32.2. The van der Waals surface area contributed by atoms with E-state index < -0.39 is 34.2 Å². The van der Waals surface area contributed by atoms with Crippen molar-refractivity contribution in [2.24, 2.45) is 0 Å². The Morgan fingerprint density at radius 3 is 2.39 bits per heavy atom. The van der Waals surface area contributed by atoms with Gasteiger partial charge < -0.3 is 15.4 Å². The van der Waals surface area contributed by atoms with E-state index in [1.165, 1.54) is 30.1 Å². The quantitative estimate of drug-likeness (QED) is 0.182. The van der Waals surface area contributed by atoms with E-state index in [4.69, 9.17) is 9.29 Å². The summed E-state index contributed by atoms with van der Waals surface area (Å²) in [6.07, 6.45) is -0.695. The monoisotopic (exact) mass is 704 g/mol. The summed E-state index contributed by atoms with van der Waals surface area (Å²) in [6.45, 7) is 3.51. The molecule has 2 amide bonds. The van der Waals surface area contributed by atoms with E-state index in [2.05, 4.69) is 36.1 Å². The topological polar surface area (TPSA) is 191 Å². The number of carbonyl (C=O) groups excluding carboxylic acids is 2. The van der Waals surface area contributed by atoms with E-state index in [1.807, 2.05) is 6.92 Å². The van der Waals surface area contributed by atoms with Crippen LogP contribution in [0.15, 0.2) is 59.6 Å². The van der Waals surface area contributed by atoms with Gasteiger partial charge in [0.25, 0.3) is 21.9 Å². The first-order chi connectivity index (χ1) is 23.1. The molecule has 0 radical (unpaired) electrons. The maximum absolute atomic E-state index is 14.4. The summed E-state index contributed by atoms with van der Waals surface area (Å²) in [5.41, 5.74) is 2.63. The van der Waals surface area contributed by atoms with Gasteiger partial charge in [0.15, 0.2) is 11.5 Å². The summed E-state index contributed by atoms with van der Waals surface area (Å²) in [6, 6.07) is 12.4. The van der Waals surface area contributed by atoms with E-state index in [0.29, 0.717) is 29.3 Å². The van der Waals surface area contributed by atoms with Gasteiger partial charge in [0.1, 0.15) is 18.0 Å². The fraction of sp³-hybridized carbons (Fsp3) is 0.387. The molecule has 1 aromatic carbocycles. The average molecular weight is 705 g/mol. The zero-order chi connectivity index (χ0) is 35.8. The number of pyridine rings is 1. The number of anilines is 1. The second kappa shape index (κ2) is 16.0. The Labute approximate surface area is 280 Å². The van der Waals surface area contributed by atoms with Crippen LogP contribution < -0.4 is 15.4 Å². The van der Waals surface area contributed by atoms with Crippen molar-refractivity contribution in [2.75, 3.05) is 12.4 Å². The summed E-state index contributed by atoms with van der Waals surface area (Å²) >= 11 is 0. The van der Waals surface area contributed by atoms with Crippen molar-refractivity contribution >= 4 is 27.8 Å². The van der Waals surface area contributed by atoms with Crippen molar-refractivity contribution < 1.29 is 40.5 Å². The van der Waals surface area contributed by atoms with Crippen molar-refractivity contribution in [1.29, 1.82) is 0 Å². The lowest BCUT2D eigenvalue weighted by Gasteiger charge is -2.34. The lowest BCUT2D eigenvalue weighted by molar-refractivity contribution is -0.134. The molecule has 18 heteroatoms. The standard InChI is InChI=1S/C24H27F3N8O3.C7H8O3S/c1-14-7-18(38-19-10-24(26,27)11-19)8-17(29-14)9-22(36)30-21-6-5-16(31-33-21)4-3-15(25)12-35-13-20(32-34-35)23(37)28-2;1-6-2-4-7(5-3-6)11(8,9)10/h5-8,13,15,19H,3-4,9-12H2,1-2H3,(H,28,37)(H,30,33,36);2-5H,1H3,(H,8,9,10)/t15-;/m1./s1. The summed E-state index contributed by atoms with van der Waals surface area (Å²) in [5, 5.41) is 20.5. The van der Waals surface area contributed by atoms with E-state index in [-0.39, 0.29) is 54.5 Å². The number of nitrogens with one attached hydrogen (secondary N) is 2. The number of alkyl halides is 3. The van der Waals surface area contributed by atoms with Crippen molar-refractivity contribution in [3.05, 3.63) is 83.1 Å². The molecule has 14 nitrogen and oxygen atoms in total. The highest BCUT2D eigenvalue weighted by molar-refractivity contribution is 7.85. The lowest BCUT2D eigenvalue weighted by atomic mass is 9.91. The van der Waals surface area contributed by atoms with Gasteiger partial charge in [0, 0.05) is 37.7 Å². The molecule has 0 bridgehead atoms. The van der Waals surface area contributed by atoms with Gasteiger partial charge in [-0.25, -0.2) is 17.9 Å². The Balaban J connectivity index is 0.000000418. The van der Waals surface area contributed by atoms with Crippen LogP contribution in [0.2, 0.25) is 0 Å². The molecule has 1 fully saturated rings. The number of amides is 2. The Morgan fingerprint density at radius 1 is 1.06 bits per heavy atom. The zero-order valence-electron chi connectivity index (χ0n) is 26.8. The average Bonchev–Trinajstić information content (AvgIpc) is 3.47. The maximum atomic E-state index is 14.4. The Kier molecular flexibility index (Phi) is 12.0. The predicted molar refractivity (Wildman–Crippen MR) is 170 cm³/mol. The fourth-order valence-corrected chi connectivity index (χ4v) is 5.06. The number of hydrogen-bond donors (Lipinski definition) is 3. The number of rotatable bonds is 12. The molecule has 262 valence electrons. The van der Waals surface area contributed by atoms with Crippen LogP contribution in [-0.4, -0.2) is 80.2 Å². The highest BCUT2D eigenvalue weighted by Gasteiger charge is 2.47. The van der Waals surface area contributed by atoms with Crippen molar-refractivity contribution in [1.82, 2.24) is 35.5 Å². The highest BCUT2D eigenvalue weighted by Crippen LogP contribution is 2.39. The zero-order valence-corrected chi connectivity index (χ0v) is 27.6. The van der Waals surface area contributed by atoms with Crippen LogP contribution in [0.1, 0.15) is 52.4 Å². The van der Waals surface area contributed by atoms with Gasteiger partial charge in [-0.15, -0.1) is 10.2 Å². The number of nitrogens with zero attached hydrogens (tertiary/aromatic N) is 6. The van der Waals surface area contributed by atoms with Gasteiger partial charge in [0.2, 0.25) is 5.91 Å². The predicted octanol–water partition coefficient (Wildman–Crippen LogP) is 3.70. The van der Waals surface area contributed by atoms with Gasteiger partial charge in [0.05, 0.1) is 35.4 Å². The third-order valence-electron chi connectivity index (χ3n) is 7.08. The van der Waals surface area contributed by atoms with Crippen LogP contribution in [0.3, 0.4) is 0 Å². The van der Waals surface area contributed by atoms with E-state index in [0.717, 1.165) is 5.56 Å². The van der Waals surface area contributed by atoms with Crippen LogP contribution in [0.25, 0.3) is 0 Å². The second-order valence-corrected chi connectivity index (χ2v) is 12.8. The Bertz CT molecular complexity index is 1850. The first-order valence-corrected chi connectivity index (χ1v) is 16.5. The first-order valence-electron chi connectivity index (χ1n) is 15.0. The number of aryl methyl sites for hydroxylation is 3. The van der Waals surface area contributed by atoms with Gasteiger partial charge in [-0.1, -0.05) is 22.9 Å². The number of ether oxygens (including phenoxy) is 1. The minimum atomic E-state index is -4.02. The summed E-state index contributed by atoms with van der Waals surface area (Å²) in [4.78, 5) is 28.2. The molecule has 0 spiro atoms. The molecule has 3 heterocycles. The molecule has 0 aliphatic heterocycles. The Morgan fingerprint density at radius 2 is 1.78 bits per heavy atom. The fourth-order valence-electron chi connectivity index (χ4n) is 4.58. The van der Waals surface area contributed by atoms with Gasteiger partial charge in [-0.05, 0) is 51.0 Å². The number of aromatic nitrogens is 6. The van der Waals surface area contributed by atoms with Crippen LogP contribution in [0.4, 0.5) is 19.0 Å². The van der Waals surface area contributed by atoms with Crippen molar-refractivity contribution in [3.8, 4) is 5.75 Å². The minimum Gasteiger partial charge on any atom is -0.490 e. The minimum absolute atomic E-state index is 0.0571. The normalized spacial score (nSPS) is 14.5. The molecule has 1 saturated carbocycles. The molecular weight excluding hydrogens is 669 g/mol. The van der Waals surface area contributed by atoms with Gasteiger partial charge in [-0.3, -0.25) is 19.1 Å². The summed E-state index contributed by atoms with van der Waals surface area (Å²) in [5.74, 6) is -2.86. The molecule has 49 heavy (non-hydrogen) atoms. The number of halogens is 3. The maximum Gasteiger partial charge on any atom is 0.294 e. The number of benzene rings is 1. The third-order valence-corrected chi connectivity index (χ3v) is 7.95. The molecule has 1 atom stereocenters. The van der Waals surface area contributed by atoms with Gasteiger partial charge >= 0.3 is 0 Å². The summed E-state index contributed by atoms with van der Waals surface area (Å²) in [7, 11) is -2.55.